The minimum Gasteiger partial charge on any atom is -0.349 e. The molecule has 0 bridgehead atoms. The number of nitrogens with zero attached hydrogens (tertiary/aromatic N) is 2. The molecule has 5 nitrogen and oxygen atoms in total. The monoisotopic (exact) mass is 355 g/mol. The van der Waals surface area contributed by atoms with Crippen LogP contribution < -0.4 is 5.32 Å². The van der Waals surface area contributed by atoms with Crippen LogP contribution in [-0.2, 0) is 0 Å². The summed E-state index contributed by atoms with van der Waals surface area (Å²) in [6, 6.07) is 6.06. The fourth-order valence-electron chi connectivity index (χ4n) is 3.60. The fraction of sp³-hybridized carbons (Fsp3) is 0.421. The predicted octanol–water partition coefficient (Wildman–Crippen LogP) is 4.57. The van der Waals surface area contributed by atoms with Crippen molar-refractivity contribution >= 4 is 28.3 Å². The molecule has 2 atom stereocenters. The van der Waals surface area contributed by atoms with E-state index in [1.807, 2.05) is 30.5 Å². The van der Waals surface area contributed by atoms with E-state index in [9.17, 15) is 4.79 Å². The number of thiophene rings is 1. The van der Waals surface area contributed by atoms with Gasteiger partial charge in [0, 0.05) is 6.04 Å². The fourth-order valence-corrected chi connectivity index (χ4v) is 4.29. The number of aryl methyl sites for hydroxylation is 1. The van der Waals surface area contributed by atoms with Crippen molar-refractivity contribution in [3.05, 3.63) is 34.8 Å². The van der Waals surface area contributed by atoms with Gasteiger partial charge >= 0.3 is 0 Å². The van der Waals surface area contributed by atoms with Crippen LogP contribution in [0.4, 0.5) is 0 Å². The first kappa shape index (κ1) is 16.3. The lowest BCUT2D eigenvalue weighted by Crippen LogP contribution is -2.41. The number of nitrogens with one attached hydrogen (secondary N) is 1. The van der Waals surface area contributed by atoms with Gasteiger partial charge in [0.2, 0.25) is 0 Å². The Morgan fingerprint density at radius 1 is 1.36 bits per heavy atom. The number of carbonyl (C=O) groups is 1. The molecule has 1 fully saturated rings. The molecule has 3 aromatic rings. The van der Waals surface area contributed by atoms with E-state index in [-0.39, 0.29) is 11.9 Å². The van der Waals surface area contributed by atoms with Crippen LogP contribution in [0.3, 0.4) is 0 Å². The van der Waals surface area contributed by atoms with Gasteiger partial charge in [-0.25, -0.2) is 4.98 Å². The van der Waals surface area contributed by atoms with Crippen molar-refractivity contribution in [2.75, 3.05) is 0 Å². The largest absolute Gasteiger partial charge is 0.349 e. The van der Waals surface area contributed by atoms with E-state index in [4.69, 9.17) is 4.52 Å². The van der Waals surface area contributed by atoms with Crippen LogP contribution in [-0.4, -0.2) is 22.1 Å². The second kappa shape index (κ2) is 6.59. The average Bonchev–Trinajstić information content (AvgIpc) is 3.26. The first-order valence-corrected chi connectivity index (χ1v) is 9.63. The Labute approximate surface area is 150 Å². The van der Waals surface area contributed by atoms with E-state index in [0.717, 1.165) is 17.0 Å². The summed E-state index contributed by atoms with van der Waals surface area (Å²) in [5.41, 5.74) is 2.47. The lowest BCUT2D eigenvalue weighted by atomic mass is 9.86. The molecule has 1 aliphatic carbocycles. The summed E-state index contributed by atoms with van der Waals surface area (Å²) in [6.45, 7) is 4.06. The average molecular weight is 355 g/mol. The van der Waals surface area contributed by atoms with Crippen molar-refractivity contribution in [1.82, 2.24) is 15.5 Å². The number of carbonyl (C=O) groups excluding carboxylic acids is 1. The predicted molar refractivity (Wildman–Crippen MR) is 98.7 cm³/mol. The van der Waals surface area contributed by atoms with Gasteiger partial charge in [-0.3, -0.25) is 4.79 Å². The van der Waals surface area contributed by atoms with Crippen LogP contribution >= 0.6 is 11.3 Å². The highest BCUT2D eigenvalue weighted by Gasteiger charge is 2.26. The molecular formula is C19H21N3O2S. The van der Waals surface area contributed by atoms with Gasteiger partial charge in [0.1, 0.15) is 0 Å². The third-order valence-electron chi connectivity index (χ3n) is 5.06. The van der Waals surface area contributed by atoms with E-state index in [1.54, 1.807) is 11.3 Å². The quantitative estimate of drug-likeness (QED) is 0.747. The Morgan fingerprint density at radius 3 is 2.96 bits per heavy atom. The third kappa shape index (κ3) is 3.06. The highest BCUT2D eigenvalue weighted by atomic mass is 32.1. The lowest BCUT2D eigenvalue weighted by Gasteiger charge is -2.29. The molecule has 0 saturated heterocycles. The molecule has 0 radical (unpaired) electrons. The highest BCUT2D eigenvalue weighted by molar-refractivity contribution is 7.13. The molecule has 0 aliphatic heterocycles. The molecule has 1 N–H and O–H groups in total. The minimum atomic E-state index is -0.0599. The summed E-state index contributed by atoms with van der Waals surface area (Å²) in [7, 11) is 0. The van der Waals surface area contributed by atoms with Gasteiger partial charge in [-0.15, -0.1) is 11.3 Å². The van der Waals surface area contributed by atoms with Crippen LogP contribution in [0.5, 0.6) is 0 Å². The number of hydrogen-bond donors (Lipinski definition) is 1. The van der Waals surface area contributed by atoms with Gasteiger partial charge in [0.05, 0.1) is 27.2 Å². The number of pyridine rings is 1. The van der Waals surface area contributed by atoms with E-state index in [1.165, 1.54) is 19.3 Å². The van der Waals surface area contributed by atoms with E-state index < -0.39 is 0 Å². The van der Waals surface area contributed by atoms with Crippen molar-refractivity contribution in [2.24, 2.45) is 5.92 Å². The Kier molecular flexibility index (Phi) is 4.29. The molecule has 25 heavy (non-hydrogen) atoms. The molecule has 130 valence electrons. The summed E-state index contributed by atoms with van der Waals surface area (Å²) in [5, 5.41) is 9.95. The molecule has 3 aromatic heterocycles. The normalized spacial score (nSPS) is 20.7. The van der Waals surface area contributed by atoms with Crippen molar-refractivity contribution in [3.8, 4) is 10.6 Å². The van der Waals surface area contributed by atoms with E-state index in [0.29, 0.717) is 28.3 Å². The standard InChI is InChI=1S/C19H21N3O2S/c1-11-6-3-4-7-14(11)20-18(23)13-10-15(16-8-5-9-25-16)21-19-17(13)12(2)22-24-19/h5,8-11,14H,3-4,6-7H2,1-2H3,(H,20,23)/t11-,14-/m0/s1. The Bertz CT molecular complexity index is 901. The van der Waals surface area contributed by atoms with Gasteiger partial charge in [-0.05, 0) is 43.2 Å². The van der Waals surface area contributed by atoms with Crippen molar-refractivity contribution in [1.29, 1.82) is 0 Å². The number of fused-ring (bicyclic) bond motifs is 1. The molecule has 0 unspecified atom stereocenters. The van der Waals surface area contributed by atoms with Crippen molar-refractivity contribution < 1.29 is 9.32 Å². The van der Waals surface area contributed by atoms with E-state index in [2.05, 4.69) is 22.4 Å². The van der Waals surface area contributed by atoms with Gasteiger partial charge in [-0.1, -0.05) is 31.0 Å². The Balaban J connectivity index is 1.74. The first-order chi connectivity index (χ1) is 12.1. The number of amides is 1. The smallest absolute Gasteiger partial charge is 0.259 e. The molecule has 0 spiro atoms. The number of hydrogen-bond acceptors (Lipinski definition) is 5. The zero-order valence-corrected chi connectivity index (χ0v) is 15.2. The molecule has 3 heterocycles. The molecule has 1 saturated carbocycles. The van der Waals surface area contributed by atoms with Crippen LogP contribution in [0.25, 0.3) is 21.7 Å². The maximum atomic E-state index is 13.0. The number of aromatic nitrogens is 2. The van der Waals surface area contributed by atoms with Crippen molar-refractivity contribution in [3.63, 3.8) is 0 Å². The summed E-state index contributed by atoms with van der Waals surface area (Å²) >= 11 is 1.59. The van der Waals surface area contributed by atoms with Crippen LogP contribution in [0.2, 0.25) is 0 Å². The zero-order chi connectivity index (χ0) is 17.4. The number of rotatable bonds is 3. The molecule has 6 heteroatoms. The van der Waals surface area contributed by atoms with Crippen LogP contribution in [0, 0.1) is 12.8 Å². The van der Waals surface area contributed by atoms with E-state index >= 15 is 0 Å². The molecule has 1 amide bonds. The Hall–Kier alpha value is -2.21. The summed E-state index contributed by atoms with van der Waals surface area (Å²) in [5.74, 6) is 0.450. The lowest BCUT2D eigenvalue weighted by molar-refractivity contribution is 0.0912. The third-order valence-corrected chi connectivity index (χ3v) is 5.96. The summed E-state index contributed by atoms with van der Waals surface area (Å²) in [6.07, 6.45) is 4.64. The summed E-state index contributed by atoms with van der Waals surface area (Å²) < 4.78 is 5.35. The van der Waals surface area contributed by atoms with Gasteiger partial charge in [-0.2, -0.15) is 0 Å². The maximum Gasteiger partial charge on any atom is 0.259 e. The molecule has 1 aliphatic rings. The Morgan fingerprint density at radius 2 is 2.20 bits per heavy atom. The first-order valence-electron chi connectivity index (χ1n) is 8.75. The minimum absolute atomic E-state index is 0.0599. The van der Waals surface area contributed by atoms with Crippen molar-refractivity contribution in [2.45, 2.75) is 45.6 Å². The summed E-state index contributed by atoms with van der Waals surface area (Å²) in [4.78, 5) is 18.6. The maximum absolute atomic E-state index is 13.0. The second-order valence-electron chi connectivity index (χ2n) is 6.82. The molecule has 4 rings (SSSR count). The van der Waals surface area contributed by atoms with Gasteiger partial charge in [0.25, 0.3) is 11.6 Å². The zero-order valence-electron chi connectivity index (χ0n) is 14.4. The molecular weight excluding hydrogens is 334 g/mol. The topological polar surface area (TPSA) is 68.0 Å². The molecule has 0 aromatic carbocycles. The van der Waals surface area contributed by atoms with Gasteiger partial charge < -0.3 is 9.84 Å². The van der Waals surface area contributed by atoms with Crippen LogP contribution in [0.15, 0.2) is 28.1 Å². The SMILES string of the molecule is Cc1noc2nc(-c3cccs3)cc(C(=O)N[C@H]3CCCC[C@@H]3C)c12. The highest BCUT2D eigenvalue weighted by Crippen LogP contribution is 2.30. The van der Waals surface area contributed by atoms with Gasteiger partial charge in [0.15, 0.2) is 0 Å². The van der Waals surface area contributed by atoms with Crippen LogP contribution in [0.1, 0.15) is 48.7 Å². The second-order valence-corrected chi connectivity index (χ2v) is 7.77.